The van der Waals surface area contributed by atoms with Crippen molar-refractivity contribution >= 4 is 17.7 Å². The summed E-state index contributed by atoms with van der Waals surface area (Å²) in [5.74, 6) is 1.16. The van der Waals surface area contributed by atoms with Gasteiger partial charge in [0.25, 0.3) is 5.91 Å². The molecule has 160 valence electrons. The summed E-state index contributed by atoms with van der Waals surface area (Å²) >= 11 is 0. The van der Waals surface area contributed by atoms with Gasteiger partial charge in [0.1, 0.15) is 11.6 Å². The highest BCUT2D eigenvalue weighted by Crippen LogP contribution is 2.30. The Bertz CT molecular complexity index is 912. The molecule has 2 aromatic rings. The van der Waals surface area contributed by atoms with Crippen LogP contribution in [0.25, 0.3) is 0 Å². The number of carbonyl (C=O) groups excluding carboxylic acids is 1. The highest BCUT2D eigenvalue weighted by Gasteiger charge is 2.29. The van der Waals surface area contributed by atoms with Gasteiger partial charge in [-0.1, -0.05) is 0 Å². The molecular formula is C22H28FN5O2. The lowest BCUT2D eigenvalue weighted by atomic mass is 10.0. The van der Waals surface area contributed by atoms with Gasteiger partial charge < -0.3 is 19.4 Å². The Balaban J connectivity index is 1.66. The van der Waals surface area contributed by atoms with E-state index < -0.39 is 0 Å². The normalized spacial score (nSPS) is 16.6. The number of hydrogen-bond donors (Lipinski definition) is 0. The van der Waals surface area contributed by atoms with Crippen molar-refractivity contribution < 1.29 is 13.9 Å². The average molecular weight is 413 g/mol. The molecule has 2 aliphatic rings. The van der Waals surface area contributed by atoms with Gasteiger partial charge in [0.05, 0.1) is 25.5 Å². The number of ether oxygens (including phenoxy) is 1. The third kappa shape index (κ3) is 4.09. The molecule has 1 aromatic carbocycles. The number of anilines is 2. The second kappa shape index (κ2) is 8.55. The number of carbonyl (C=O) groups is 1. The standard InChI is InChI=1S/C22H28FN5O2/c1-15(2)26(3)20-18-14-28(21(29)16-4-6-17(23)7-5-16)9-8-19(18)24-22(25-20)27-10-12-30-13-11-27/h4-7,15H,8-14H2,1-3H3. The van der Waals surface area contributed by atoms with E-state index in [-0.39, 0.29) is 17.8 Å². The summed E-state index contributed by atoms with van der Waals surface area (Å²) in [5, 5.41) is 0. The maximum Gasteiger partial charge on any atom is 0.254 e. The minimum atomic E-state index is -0.347. The SMILES string of the molecule is CC(C)N(C)c1nc(N2CCOCC2)nc2c1CN(C(=O)c1ccc(F)cc1)CC2. The van der Waals surface area contributed by atoms with Crippen molar-refractivity contribution in [3.05, 3.63) is 46.9 Å². The van der Waals surface area contributed by atoms with Crippen molar-refractivity contribution in [1.29, 1.82) is 0 Å². The maximum absolute atomic E-state index is 13.2. The zero-order chi connectivity index (χ0) is 21.3. The van der Waals surface area contributed by atoms with Crippen molar-refractivity contribution in [2.45, 2.75) is 32.9 Å². The van der Waals surface area contributed by atoms with Gasteiger partial charge in [0.2, 0.25) is 5.95 Å². The Labute approximate surface area is 176 Å². The van der Waals surface area contributed by atoms with Gasteiger partial charge in [-0.3, -0.25) is 4.79 Å². The summed E-state index contributed by atoms with van der Waals surface area (Å²) in [4.78, 5) is 28.8. The number of aromatic nitrogens is 2. The summed E-state index contributed by atoms with van der Waals surface area (Å²) in [5.41, 5.74) is 2.48. The number of hydrogen-bond acceptors (Lipinski definition) is 6. The molecule has 0 saturated carbocycles. The molecule has 30 heavy (non-hydrogen) atoms. The van der Waals surface area contributed by atoms with Gasteiger partial charge in [-0.2, -0.15) is 4.98 Å². The molecule has 0 unspecified atom stereocenters. The van der Waals surface area contributed by atoms with Gasteiger partial charge in [0, 0.05) is 50.3 Å². The molecule has 4 rings (SSSR count). The van der Waals surface area contributed by atoms with Crippen LogP contribution in [0.2, 0.25) is 0 Å². The smallest absolute Gasteiger partial charge is 0.254 e. The zero-order valence-corrected chi connectivity index (χ0v) is 17.8. The Morgan fingerprint density at radius 1 is 1.13 bits per heavy atom. The Morgan fingerprint density at radius 3 is 2.50 bits per heavy atom. The molecule has 1 amide bonds. The molecule has 1 aromatic heterocycles. The molecule has 1 fully saturated rings. The van der Waals surface area contributed by atoms with Crippen molar-refractivity contribution in [1.82, 2.24) is 14.9 Å². The lowest BCUT2D eigenvalue weighted by molar-refractivity contribution is 0.0733. The van der Waals surface area contributed by atoms with E-state index in [9.17, 15) is 9.18 Å². The molecule has 0 aliphatic carbocycles. The monoisotopic (exact) mass is 413 g/mol. The summed E-state index contributed by atoms with van der Waals surface area (Å²) in [7, 11) is 2.02. The van der Waals surface area contributed by atoms with Gasteiger partial charge in [-0.05, 0) is 38.1 Å². The van der Waals surface area contributed by atoms with Crippen molar-refractivity contribution in [2.75, 3.05) is 49.7 Å². The number of nitrogens with zero attached hydrogens (tertiary/aromatic N) is 5. The third-order valence-corrected chi connectivity index (χ3v) is 5.81. The molecule has 0 atom stereocenters. The van der Waals surface area contributed by atoms with Crippen LogP contribution in [-0.4, -0.2) is 66.7 Å². The highest BCUT2D eigenvalue weighted by atomic mass is 19.1. The number of halogens is 1. The zero-order valence-electron chi connectivity index (χ0n) is 17.8. The second-order valence-electron chi connectivity index (χ2n) is 8.06. The van der Waals surface area contributed by atoms with Crippen molar-refractivity contribution in [3.8, 4) is 0 Å². The van der Waals surface area contributed by atoms with Crippen LogP contribution in [0.1, 0.15) is 35.5 Å². The van der Waals surface area contributed by atoms with Gasteiger partial charge >= 0.3 is 0 Å². The molecule has 3 heterocycles. The fourth-order valence-corrected chi connectivity index (χ4v) is 3.77. The van der Waals surface area contributed by atoms with E-state index in [1.165, 1.54) is 24.3 Å². The van der Waals surface area contributed by atoms with Crippen LogP contribution in [0.15, 0.2) is 24.3 Å². The summed E-state index contributed by atoms with van der Waals surface area (Å²) in [6, 6.07) is 5.96. The predicted octanol–water partition coefficient (Wildman–Crippen LogP) is 2.50. The first-order chi connectivity index (χ1) is 14.4. The Morgan fingerprint density at radius 2 is 1.83 bits per heavy atom. The molecule has 0 radical (unpaired) electrons. The fraction of sp³-hybridized carbons (Fsp3) is 0.500. The quantitative estimate of drug-likeness (QED) is 0.768. The molecule has 0 bridgehead atoms. The summed E-state index contributed by atoms with van der Waals surface area (Å²) in [6.45, 7) is 8.17. The molecule has 0 N–H and O–H groups in total. The van der Waals surface area contributed by atoms with Crippen molar-refractivity contribution in [2.24, 2.45) is 0 Å². The van der Waals surface area contributed by atoms with E-state index in [2.05, 4.69) is 23.6 Å². The van der Waals surface area contributed by atoms with E-state index in [1.807, 2.05) is 7.05 Å². The van der Waals surface area contributed by atoms with Gasteiger partial charge in [0.15, 0.2) is 0 Å². The van der Waals surface area contributed by atoms with Crippen LogP contribution >= 0.6 is 0 Å². The van der Waals surface area contributed by atoms with Crippen LogP contribution in [0.4, 0.5) is 16.2 Å². The van der Waals surface area contributed by atoms with Crippen LogP contribution in [0, 0.1) is 5.82 Å². The molecular weight excluding hydrogens is 385 g/mol. The summed E-state index contributed by atoms with van der Waals surface area (Å²) in [6.07, 6.45) is 0.668. The largest absolute Gasteiger partial charge is 0.378 e. The Hall–Kier alpha value is -2.74. The van der Waals surface area contributed by atoms with Crippen molar-refractivity contribution in [3.63, 3.8) is 0 Å². The van der Waals surface area contributed by atoms with Gasteiger partial charge in [-0.25, -0.2) is 9.37 Å². The first kappa shape index (κ1) is 20.5. The average Bonchev–Trinajstić information content (AvgIpc) is 2.78. The minimum absolute atomic E-state index is 0.101. The molecule has 0 spiro atoms. The Kier molecular flexibility index (Phi) is 5.85. The van der Waals surface area contributed by atoms with E-state index in [4.69, 9.17) is 14.7 Å². The topological polar surface area (TPSA) is 61.8 Å². The maximum atomic E-state index is 13.2. The predicted molar refractivity (Wildman–Crippen MR) is 113 cm³/mol. The second-order valence-corrected chi connectivity index (χ2v) is 8.06. The van der Waals surface area contributed by atoms with Crippen LogP contribution in [0.3, 0.4) is 0 Å². The van der Waals surface area contributed by atoms with E-state index in [1.54, 1.807) is 4.90 Å². The number of amides is 1. The lowest BCUT2D eigenvalue weighted by Gasteiger charge is -2.35. The molecule has 1 saturated heterocycles. The fourth-order valence-electron chi connectivity index (χ4n) is 3.77. The number of morpholine rings is 1. The van der Waals surface area contributed by atoms with E-state index in [0.29, 0.717) is 38.3 Å². The highest BCUT2D eigenvalue weighted by molar-refractivity contribution is 5.94. The van der Waals surface area contributed by atoms with E-state index in [0.717, 1.165) is 36.1 Å². The molecule has 8 heteroatoms. The first-order valence-electron chi connectivity index (χ1n) is 10.4. The molecule has 7 nitrogen and oxygen atoms in total. The third-order valence-electron chi connectivity index (χ3n) is 5.81. The van der Waals surface area contributed by atoms with E-state index >= 15 is 0 Å². The lowest BCUT2D eigenvalue weighted by Crippen LogP contribution is -2.41. The minimum Gasteiger partial charge on any atom is -0.378 e. The van der Waals surface area contributed by atoms with Gasteiger partial charge in [-0.15, -0.1) is 0 Å². The number of fused-ring (bicyclic) bond motifs is 1. The number of rotatable bonds is 4. The van der Waals surface area contributed by atoms with Crippen LogP contribution < -0.4 is 9.80 Å². The molecule has 2 aliphatic heterocycles. The van der Waals surface area contributed by atoms with Crippen LogP contribution in [-0.2, 0) is 17.7 Å². The summed E-state index contributed by atoms with van der Waals surface area (Å²) < 4.78 is 18.7. The number of benzene rings is 1. The first-order valence-corrected chi connectivity index (χ1v) is 10.4. The van der Waals surface area contributed by atoms with Crippen LogP contribution in [0.5, 0.6) is 0 Å².